The first kappa shape index (κ1) is 27.6. The van der Waals surface area contributed by atoms with Crippen LogP contribution in [0.1, 0.15) is 93.4 Å². The van der Waals surface area contributed by atoms with E-state index in [0.717, 1.165) is 37.7 Å². The van der Waals surface area contributed by atoms with Crippen molar-refractivity contribution < 1.29 is 19.7 Å². The second-order valence-corrected chi connectivity index (χ2v) is 14.0. The molecule has 0 aromatic heterocycles. The van der Waals surface area contributed by atoms with E-state index in [0.29, 0.717) is 24.7 Å². The Bertz CT molecular complexity index is 973. The van der Waals surface area contributed by atoms with Crippen LogP contribution in [-0.2, 0) is 9.53 Å². The summed E-state index contributed by atoms with van der Waals surface area (Å²) in [4.78, 5) is 13.2. The van der Waals surface area contributed by atoms with E-state index in [1.54, 1.807) is 0 Å². The Labute approximate surface area is 219 Å². The highest BCUT2D eigenvalue weighted by molar-refractivity contribution is 5.73. The molecule has 0 aliphatic heterocycles. The minimum Gasteiger partial charge on any atom is -0.469 e. The third-order valence-electron chi connectivity index (χ3n) is 11.8. The van der Waals surface area contributed by atoms with Crippen molar-refractivity contribution in [3.05, 3.63) is 35.5 Å². The number of fused-ring (bicyclic) bond motifs is 5. The SMILES string of the molecule is C=C(CC[C@@H](C(=O)OC)[C@H]1[C@H](O)C[C@@]2(C)C3=CC[C@H]4C(C)(C)[C@@H](O)CC[C@@]4(C)C3=CC[C@@]12C)C(C)C. The maximum atomic E-state index is 13.2. The molecule has 36 heavy (non-hydrogen) atoms. The Balaban J connectivity index is 1.73. The first-order valence-electron chi connectivity index (χ1n) is 14.2. The lowest BCUT2D eigenvalue weighted by molar-refractivity contribution is -0.152. The summed E-state index contributed by atoms with van der Waals surface area (Å²) in [7, 11) is 1.47. The van der Waals surface area contributed by atoms with Gasteiger partial charge in [-0.15, -0.1) is 0 Å². The van der Waals surface area contributed by atoms with Crippen molar-refractivity contribution in [1.82, 2.24) is 0 Å². The maximum Gasteiger partial charge on any atom is 0.309 e. The van der Waals surface area contributed by atoms with Crippen molar-refractivity contribution in [2.24, 2.45) is 45.3 Å². The van der Waals surface area contributed by atoms with Crippen LogP contribution in [0, 0.1) is 45.3 Å². The zero-order chi connectivity index (χ0) is 26.8. The van der Waals surface area contributed by atoms with Crippen molar-refractivity contribution in [3.63, 3.8) is 0 Å². The van der Waals surface area contributed by atoms with E-state index in [1.165, 1.54) is 18.3 Å². The van der Waals surface area contributed by atoms with Crippen molar-refractivity contribution >= 4 is 5.97 Å². The highest BCUT2D eigenvalue weighted by Crippen LogP contribution is 2.71. The van der Waals surface area contributed by atoms with Gasteiger partial charge in [0.1, 0.15) is 0 Å². The molecule has 4 nitrogen and oxygen atoms in total. The molecule has 2 N–H and O–H groups in total. The number of allylic oxidation sites excluding steroid dienone is 5. The average molecular weight is 499 g/mol. The van der Waals surface area contributed by atoms with Crippen LogP contribution in [0.2, 0.25) is 0 Å². The molecule has 0 unspecified atom stereocenters. The van der Waals surface area contributed by atoms with Crippen LogP contribution in [0.3, 0.4) is 0 Å². The number of carbonyl (C=O) groups excluding carboxylic acids is 1. The molecule has 0 aromatic carbocycles. The molecule has 8 atom stereocenters. The number of ether oxygens (including phenoxy) is 1. The fourth-order valence-corrected chi connectivity index (χ4v) is 9.04. The Morgan fingerprint density at radius 1 is 1.14 bits per heavy atom. The molecule has 0 bridgehead atoms. The molecule has 2 fully saturated rings. The van der Waals surface area contributed by atoms with Crippen LogP contribution >= 0.6 is 0 Å². The summed E-state index contributed by atoms with van der Waals surface area (Å²) in [5.74, 6) is 0.0479. The molecule has 4 rings (SSSR count). The molecule has 0 radical (unpaired) electrons. The number of methoxy groups -OCH3 is 1. The van der Waals surface area contributed by atoms with Gasteiger partial charge in [0.25, 0.3) is 0 Å². The number of hydrogen-bond donors (Lipinski definition) is 2. The third kappa shape index (κ3) is 3.80. The van der Waals surface area contributed by atoms with Gasteiger partial charge in [-0.05, 0) is 84.2 Å². The van der Waals surface area contributed by atoms with Crippen molar-refractivity contribution in [2.75, 3.05) is 7.11 Å². The fraction of sp³-hybridized carbons (Fsp3) is 0.781. The maximum absolute atomic E-state index is 13.2. The lowest BCUT2D eigenvalue weighted by atomic mass is 9.44. The van der Waals surface area contributed by atoms with E-state index < -0.39 is 6.10 Å². The van der Waals surface area contributed by atoms with E-state index >= 15 is 0 Å². The molecule has 202 valence electrons. The van der Waals surface area contributed by atoms with Gasteiger partial charge in [-0.1, -0.05) is 72.8 Å². The van der Waals surface area contributed by atoms with E-state index in [1.807, 2.05) is 0 Å². The highest BCUT2D eigenvalue weighted by Gasteiger charge is 2.66. The molecule has 4 aliphatic rings. The number of aliphatic hydroxyl groups excluding tert-OH is 2. The second-order valence-electron chi connectivity index (χ2n) is 14.0. The minimum atomic E-state index is -0.555. The Kier molecular flexibility index (Phi) is 7.00. The van der Waals surface area contributed by atoms with Gasteiger partial charge in [0.05, 0.1) is 25.2 Å². The molecular formula is C32H50O4. The summed E-state index contributed by atoms with van der Waals surface area (Å²) < 4.78 is 5.32. The fourth-order valence-electron chi connectivity index (χ4n) is 9.04. The molecule has 0 aromatic rings. The number of rotatable bonds is 6. The van der Waals surface area contributed by atoms with Crippen LogP contribution < -0.4 is 0 Å². The van der Waals surface area contributed by atoms with Crippen LogP contribution in [-0.4, -0.2) is 35.5 Å². The molecule has 0 saturated heterocycles. The normalized spacial score (nSPS) is 42.0. The van der Waals surface area contributed by atoms with Crippen LogP contribution in [0.25, 0.3) is 0 Å². The van der Waals surface area contributed by atoms with Gasteiger partial charge in [0.15, 0.2) is 0 Å². The molecular weight excluding hydrogens is 448 g/mol. The van der Waals surface area contributed by atoms with Gasteiger partial charge in [0, 0.05) is 11.3 Å². The zero-order valence-electron chi connectivity index (χ0n) is 24.0. The molecule has 2 saturated carbocycles. The summed E-state index contributed by atoms with van der Waals surface area (Å²) in [5.41, 5.74) is 3.41. The van der Waals surface area contributed by atoms with Gasteiger partial charge in [-0.25, -0.2) is 0 Å². The van der Waals surface area contributed by atoms with Gasteiger partial charge in [-0.2, -0.15) is 0 Å². The largest absolute Gasteiger partial charge is 0.469 e. The Morgan fingerprint density at radius 3 is 2.42 bits per heavy atom. The lowest BCUT2D eigenvalue weighted by Crippen LogP contribution is -2.54. The number of esters is 1. The predicted molar refractivity (Wildman–Crippen MR) is 145 cm³/mol. The molecule has 4 heteroatoms. The summed E-state index contributed by atoms with van der Waals surface area (Å²) >= 11 is 0. The van der Waals surface area contributed by atoms with E-state index in [9.17, 15) is 15.0 Å². The summed E-state index contributed by atoms with van der Waals surface area (Å²) in [6.07, 6.45) is 9.78. The lowest BCUT2D eigenvalue weighted by Gasteiger charge is -2.61. The predicted octanol–water partition coefficient (Wildman–Crippen LogP) is 6.63. The quantitative estimate of drug-likeness (QED) is 0.319. The second kappa shape index (κ2) is 9.12. The van der Waals surface area contributed by atoms with Crippen molar-refractivity contribution in [3.8, 4) is 0 Å². The smallest absolute Gasteiger partial charge is 0.309 e. The van der Waals surface area contributed by atoms with Gasteiger partial charge < -0.3 is 14.9 Å². The van der Waals surface area contributed by atoms with Crippen molar-refractivity contribution in [2.45, 2.75) is 106 Å². The topological polar surface area (TPSA) is 66.8 Å². The molecule has 0 heterocycles. The number of aliphatic hydroxyl groups is 2. The first-order valence-corrected chi connectivity index (χ1v) is 14.2. The average Bonchev–Trinajstić information content (AvgIpc) is 3.02. The van der Waals surface area contributed by atoms with E-state index in [2.05, 4.69) is 67.2 Å². The van der Waals surface area contributed by atoms with Crippen LogP contribution in [0.5, 0.6) is 0 Å². The standard InChI is InChI=1S/C32H50O4/c1-19(2)20(3)10-11-21(28(35)36-9)27-24(33)18-32(8)23-12-13-25-29(4,5)26(34)15-16-30(25,6)22(23)14-17-31(27,32)7/h12,14,19,21,24-27,33-34H,3,10-11,13,15-18H2,1-2,4-9H3/t21-,24-,25+,26+,27+,30+,31+,32+/m1/s1. The van der Waals surface area contributed by atoms with Gasteiger partial charge in [-0.3, -0.25) is 4.79 Å². The monoisotopic (exact) mass is 498 g/mol. The Morgan fingerprint density at radius 2 is 1.81 bits per heavy atom. The molecule has 4 aliphatic carbocycles. The van der Waals surface area contributed by atoms with E-state index in [-0.39, 0.29) is 45.6 Å². The summed E-state index contributed by atoms with van der Waals surface area (Å²) in [6, 6.07) is 0. The third-order valence-corrected chi connectivity index (χ3v) is 11.8. The molecule has 0 spiro atoms. The van der Waals surface area contributed by atoms with E-state index in [4.69, 9.17) is 4.74 Å². The van der Waals surface area contributed by atoms with Crippen LogP contribution in [0.15, 0.2) is 35.5 Å². The Hall–Kier alpha value is -1.39. The summed E-state index contributed by atoms with van der Waals surface area (Å²) in [6.45, 7) is 20.0. The van der Waals surface area contributed by atoms with Gasteiger partial charge >= 0.3 is 5.97 Å². The minimum absolute atomic E-state index is 0.0248. The number of hydrogen-bond acceptors (Lipinski definition) is 4. The van der Waals surface area contributed by atoms with Crippen LogP contribution in [0.4, 0.5) is 0 Å². The van der Waals surface area contributed by atoms with Gasteiger partial charge in [0.2, 0.25) is 0 Å². The first-order chi connectivity index (χ1) is 16.6. The molecule has 0 amide bonds. The van der Waals surface area contributed by atoms with Crippen molar-refractivity contribution in [1.29, 1.82) is 0 Å². The number of carbonyl (C=O) groups is 1. The summed E-state index contributed by atoms with van der Waals surface area (Å²) in [5, 5.41) is 22.5. The zero-order valence-corrected chi connectivity index (χ0v) is 24.0. The highest BCUT2D eigenvalue weighted by atomic mass is 16.5.